The summed E-state index contributed by atoms with van der Waals surface area (Å²) in [6, 6.07) is 7.67. The first-order valence-electron chi connectivity index (χ1n) is 6.44. The highest BCUT2D eigenvalue weighted by molar-refractivity contribution is 5.79. The van der Waals surface area contributed by atoms with E-state index in [2.05, 4.69) is 29.5 Å². The highest BCUT2D eigenvalue weighted by Crippen LogP contribution is 2.11. The van der Waals surface area contributed by atoms with Crippen LogP contribution in [0.4, 0.5) is 0 Å². The quantitative estimate of drug-likeness (QED) is 0.552. The van der Waals surface area contributed by atoms with Crippen LogP contribution in [0.2, 0.25) is 0 Å². The summed E-state index contributed by atoms with van der Waals surface area (Å²) in [5, 5.41) is 15.8. The third-order valence-electron chi connectivity index (χ3n) is 2.35. The highest BCUT2D eigenvalue weighted by Gasteiger charge is 1.99. The SMILES string of the molecule is CCNC(=NCCc1cccc(O)c1)NC(C)C. The van der Waals surface area contributed by atoms with Gasteiger partial charge in [0.2, 0.25) is 0 Å². The minimum Gasteiger partial charge on any atom is -0.508 e. The van der Waals surface area contributed by atoms with Crippen molar-refractivity contribution in [3.63, 3.8) is 0 Å². The van der Waals surface area contributed by atoms with E-state index in [1.165, 1.54) is 0 Å². The van der Waals surface area contributed by atoms with Crippen molar-refractivity contribution in [3.05, 3.63) is 29.8 Å². The van der Waals surface area contributed by atoms with Crippen molar-refractivity contribution < 1.29 is 5.11 Å². The van der Waals surface area contributed by atoms with Crippen molar-refractivity contribution in [2.45, 2.75) is 33.2 Å². The molecular weight excluding hydrogens is 226 g/mol. The number of nitrogens with zero attached hydrogens (tertiary/aromatic N) is 1. The standard InChI is InChI=1S/C14H23N3O/c1-4-15-14(17-11(2)3)16-9-8-12-6-5-7-13(18)10-12/h5-7,10-11,18H,4,8-9H2,1-3H3,(H2,15,16,17). The molecule has 0 amide bonds. The van der Waals surface area contributed by atoms with Crippen LogP contribution in [0, 0.1) is 0 Å². The Labute approximate surface area is 109 Å². The maximum absolute atomic E-state index is 9.36. The van der Waals surface area contributed by atoms with E-state index in [0.717, 1.165) is 24.5 Å². The molecule has 0 aliphatic heterocycles. The second-order valence-electron chi connectivity index (χ2n) is 4.48. The van der Waals surface area contributed by atoms with Crippen LogP contribution in [-0.2, 0) is 6.42 Å². The molecular formula is C14H23N3O. The van der Waals surface area contributed by atoms with Gasteiger partial charge in [0.15, 0.2) is 5.96 Å². The van der Waals surface area contributed by atoms with Gasteiger partial charge in [-0.05, 0) is 44.9 Å². The molecule has 0 fully saturated rings. The second-order valence-corrected chi connectivity index (χ2v) is 4.48. The lowest BCUT2D eigenvalue weighted by Crippen LogP contribution is -2.41. The lowest BCUT2D eigenvalue weighted by atomic mass is 10.1. The molecule has 4 heteroatoms. The Kier molecular flexibility index (Phi) is 6.05. The zero-order valence-electron chi connectivity index (χ0n) is 11.4. The topological polar surface area (TPSA) is 56.7 Å². The van der Waals surface area contributed by atoms with Crippen molar-refractivity contribution in [1.82, 2.24) is 10.6 Å². The fourth-order valence-electron chi connectivity index (χ4n) is 1.60. The molecule has 18 heavy (non-hydrogen) atoms. The minimum absolute atomic E-state index is 0.309. The fraction of sp³-hybridized carbons (Fsp3) is 0.500. The second kappa shape index (κ2) is 7.58. The molecule has 100 valence electrons. The number of hydrogen-bond donors (Lipinski definition) is 3. The molecule has 1 rings (SSSR count). The third-order valence-corrected chi connectivity index (χ3v) is 2.35. The molecule has 0 bridgehead atoms. The average molecular weight is 249 g/mol. The van der Waals surface area contributed by atoms with Gasteiger partial charge in [-0.3, -0.25) is 4.99 Å². The van der Waals surface area contributed by atoms with E-state index in [0.29, 0.717) is 18.3 Å². The van der Waals surface area contributed by atoms with Gasteiger partial charge in [0.1, 0.15) is 5.75 Å². The van der Waals surface area contributed by atoms with Crippen LogP contribution in [0.1, 0.15) is 26.3 Å². The summed E-state index contributed by atoms with van der Waals surface area (Å²) in [5.41, 5.74) is 1.10. The summed E-state index contributed by atoms with van der Waals surface area (Å²) in [5.74, 6) is 1.15. The number of guanidine groups is 1. The Morgan fingerprint density at radius 3 is 2.78 bits per heavy atom. The van der Waals surface area contributed by atoms with E-state index < -0.39 is 0 Å². The monoisotopic (exact) mass is 249 g/mol. The Morgan fingerprint density at radius 1 is 1.39 bits per heavy atom. The predicted molar refractivity (Wildman–Crippen MR) is 76.1 cm³/mol. The van der Waals surface area contributed by atoms with Gasteiger partial charge in [-0.2, -0.15) is 0 Å². The van der Waals surface area contributed by atoms with E-state index in [1.807, 2.05) is 19.1 Å². The molecule has 0 aliphatic carbocycles. The molecule has 1 aromatic carbocycles. The largest absolute Gasteiger partial charge is 0.508 e. The summed E-state index contributed by atoms with van der Waals surface area (Å²) >= 11 is 0. The van der Waals surface area contributed by atoms with Crippen LogP contribution in [0.25, 0.3) is 0 Å². The first kappa shape index (κ1) is 14.4. The summed E-state index contributed by atoms with van der Waals surface area (Å²) in [6.45, 7) is 7.77. The van der Waals surface area contributed by atoms with Crippen LogP contribution in [0.15, 0.2) is 29.3 Å². The molecule has 0 aliphatic rings. The molecule has 0 aromatic heterocycles. The molecule has 1 aromatic rings. The van der Waals surface area contributed by atoms with Gasteiger partial charge in [0.05, 0.1) is 0 Å². The molecule has 4 nitrogen and oxygen atoms in total. The molecule has 0 heterocycles. The van der Waals surface area contributed by atoms with Crippen molar-refractivity contribution >= 4 is 5.96 Å². The van der Waals surface area contributed by atoms with Gasteiger partial charge in [-0.1, -0.05) is 12.1 Å². The lowest BCUT2D eigenvalue weighted by Gasteiger charge is -2.13. The number of benzene rings is 1. The van der Waals surface area contributed by atoms with E-state index in [4.69, 9.17) is 0 Å². The van der Waals surface area contributed by atoms with E-state index in [1.54, 1.807) is 12.1 Å². The molecule has 0 atom stereocenters. The number of aromatic hydroxyl groups is 1. The Balaban J connectivity index is 2.50. The van der Waals surface area contributed by atoms with Gasteiger partial charge >= 0.3 is 0 Å². The number of rotatable bonds is 5. The maximum atomic E-state index is 9.36. The Hall–Kier alpha value is -1.71. The Bertz CT molecular complexity index is 388. The number of hydrogen-bond acceptors (Lipinski definition) is 2. The Morgan fingerprint density at radius 2 is 2.17 bits per heavy atom. The molecule has 0 saturated heterocycles. The van der Waals surface area contributed by atoms with Crippen LogP contribution < -0.4 is 10.6 Å². The van der Waals surface area contributed by atoms with Crippen molar-refractivity contribution in [3.8, 4) is 5.75 Å². The summed E-state index contributed by atoms with van der Waals surface area (Å²) < 4.78 is 0. The van der Waals surface area contributed by atoms with Gasteiger partial charge in [-0.15, -0.1) is 0 Å². The van der Waals surface area contributed by atoms with Gasteiger partial charge < -0.3 is 15.7 Å². The first-order chi connectivity index (χ1) is 8.61. The zero-order chi connectivity index (χ0) is 13.4. The first-order valence-corrected chi connectivity index (χ1v) is 6.44. The lowest BCUT2D eigenvalue weighted by molar-refractivity contribution is 0.474. The average Bonchev–Trinajstić information content (AvgIpc) is 2.28. The number of phenols is 1. The van der Waals surface area contributed by atoms with Gasteiger partial charge in [0, 0.05) is 19.1 Å². The van der Waals surface area contributed by atoms with Gasteiger partial charge in [-0.25, -0.2) is 0 Å². The molecule has 0 radical (unpaired) electrons. The van der Waals surface area contributed by atoms with Crippen LogP contribution in [-0.4, -0.2) is 30.2 Å². The zero-order valence-corrected chi connectivity index (χ0v) is 11.4. The number of nitrogens with one attached hydrogen (secondary N) is 2. The molecule has 0 saturated carbocycles. The van der Waals surface area contributed by atoms with E-state index in [9.17, 15) is 5.11 Å². The van der Waals surface area contributed by atoms with Crippen molar-refractivity contribution in [2.75, 3.05) is 13.1 Å². The summed E-state index contributed by atoms with van der Waals surface area (Å²) in [6.07, 6.45) is 0.822. The number of phenolic OH excluding ortho intramolecular Hbond substituents is 1. The van der Waals surface area contributed by atoms with Crippen LogP contribution in [0.3, 0.4) is 0 Å². The molecule has 3 N–H and O–H groups in total. The van der Waals surface area contributed by atoms with Crippen LogP contribution >= 0.6 is 0 Å². The van der Waals surface area contributed by atoms with Gasteiger partial charge in [0.25, 0.3) is 0 Å². The molecule has 0 unspecified atom stereocenters. The summed E-state index contributed by atoms with van der Waals surface area (Å²) in [7, 11) is 0. The minimum atomic E-state index is 0.309. The normalized spacial score (nSPS) is 11.7. The van der Waals surface area contributed by atoms with E-state index >= 15 is 0 Å². The number of aliphatic imine (C=N–C) groups is 1. The van der Waals surface area contributed by atoms with E-state index in [-0.39, 0.29) is 0 Å². The third kappa shape index (κ3) is 5.57. The highest BCUT2D eigenvalue weighted by atomic mass is 16.3. The predicted octanol–water partition coefficient (Wildman–Crippen LogP) is 1.90. The molecule has 0 spiro atoms. The summed E-state index contributed by atoms with van der Waals surface area (Å²) in [4.78, 5) is 4.49. The van der Waals surface area contributed by atoms with Crippen LogP contribution in [0.5, 0.6) is 5.75 Å². The van der Waals surface area contributed by atoms with Crippen molar-refractivity contribution in [1.29, 1.82) is 0 Å². The van der Waals surface area contributed by atoms with Crippen molar-refractivity contribution in [2.24, 2.45) is 4.99 Å². The smallest absolute Gasteiger partial charge is 0.191 e. The fourth-order valence-corrected chi connectivity index (χ4v) is 1.60. The maximum Gasteiger partial charge on any atom is 0.191 e.